The number of hydrogen-bond donors (Lipinski definition) is 2. The van der Waals surface area contributed by atoms with Gasteiger partial charge in [0.05, 0.1) is 21.9 Å². The summed E-state index contributed by atoms with van der Waals surface area (Å²) in [5.41, 5.74) is 0.140. The van der Waals surface area contributed by atoms with Crippen molar-refractivity contribution >= 4 is 43.6 Å². The third kappa shape index (κ3) is 2.20. The number of halogens is 2. The second-order valence-electron chi connectivity index (χ2n) is 4.50. The number of nitrogens with zero attached hydrogens (tertiary/aromatic N) is 2. The summed E-state index contributed by atoms with van der Waals surface area (Å²) >= 11 is 4.52. The molecule has 0 aromatic carbocycles. The second kappa shape index (κ2) is 4.81. The molecule has 0 radical (unpaired) electrons. The Morgan fingerprint density at radius 1 is 1.65 bits per heavy atom. The lowest BCUT2D eigenvalue weighted by Crippen LogP contribution is -2.31. The Morgan fingerprint density at radius 2 is 2.40 bits per heavy atom. The lowest BCUT2D eigenvalue weighted by atomic mass is 10.2. The number of hydrogen-bond acceptors (Lipinski definition) is 4. The van der Waals surface area contributed by atoms with E-state index in [1.807, 2.05) is 0 Å². The second-order valence-corrected chi connectivity index (χ2v) is 6.93. The largest absolute Gasteiger partial charge is 0.465 e. The van der Waals surface area contributed by atoms with Crippen LogP contribution in [-0.4, -0.2) is 38.8 Å². The lowest BCUT2D eigenvalue weighted by molar-refractivity contribution is 0.136. The number of thiophene rings is 1. The van der Waals surface area contributed by atoms with Crippen molar-refractivity contribution in [3.05, 3.63) is 26.0 Å². The molecule has 0 saturated carbocycles. The number of aromatic nitrogens is 2. The normalized spacial score (nSPS) is 22.6. The van der Waals surface area contributed by atoms with Crippen LogP contribution in [0.3, 0.4) is 0 Å². The van der Waals surface area contributed by atoms with Gasteiger partial charge in [-0.2, -0.15) is 0 Å². The number of nitrogens with one attached hydrogen (secondary N) is 1. The molecule has 1 aliphatic heterocycles. The van der Waals surface area contributed by atoms with Crippen LogP contribution in [0.2, 0.25) is 0 Å². The van der Waals surface area contributed by atoms with Gasteiger partial charge in [0.1, 0.15) is 16.7 Å². The number of amides is 1. The molecule has 0 spiro atoms. The van der Waals surface area contributed by atoms with Crippen LogP contribution < -0.4 is 5.56 Å². The van der Waals surface area contributed by atoms with Crippen molar-refractivity contribution in [1.82, 2.24) is 14.9 Å². The fourth-order valence-corrected chi connectivity index (χ4v) is 3.76. The van der Waals surface area contributed by atoms with Crippen LogP contribution in [0, 0.1) is 0 Å². The van der Waals surface area contributed by atoms with E-state index in [2.05, 4.69) is 25.9 Å². The molecule has 3 heterocycles. The predicted octanol–water partition coefficient (Wildman–Crippen LogP) is 2.51. The summed E-state index contributed by atoms with van der Waals surface area (Å²) in [5, 5.41) is 9.08. The highest BCUT2D eigenvalue weighted by molar-refractivity contribution is 9.11. The number of H-pyrrole nitrogens is 1. The maximum atomic E-state index is 13.5. The molecule has 1 aliphatic rings. The number of fused-ring (bicyclic) bond motifs is 1. The number of carbonyl (C=O) groups is 1. The maximum Gasteiger partial charge on any atom is 0.408 e. The Kier molecular flexibility index (Phi) is 3.25. The smallest absolute Gasteiger partial charge is 0.408 e. The maximum absolute atomic E-state index is 13.5. The van der Waals surface area contributed by atoms with E-state index < -0.39 is 18.3 Å². The minimum absolute atomic E-state index is 0.00601. The van der Waals surface area contributed by atoms with Crippen LogP contribution >= 0.6 is 27.3 Å². The Labute approximate surface area is 124 Å². The molecule has 9 heteroatoms. The lowest BCUT2D eigenvalue weighted by Gasteiger charge is -2.19. The van der Waals surface area contributed by atoms with E-state index in [4.69, 9.17) is 5.11 Å². The van der Waals surface area contributed by atoms with Crippen molar-refractivity contribution < 1.29 is 14.3 Å². The molecular formula is C11H9BrFN3O3S. The van der Waals surface area contributed by atoms with Crippen LogP contribution in [0.1, 0.15) is 18.3 Å². The van der Waals surface area contributed by atoms with Gasteiger partial charge in [-0.25, -0.2) is 14.2 Å². The van der Waals surface area contributed by atoms with E-state index in [0.717, 1.165) is 8.69 Å². The van der Waals surface area contributed by atoms with Gasteiger partial charge < -0.3 is 10.1 Å². The first-order valence-corrected chi connectivity index (χ1v) is 7.39. The highest BCUT2D eigenvalue weighted by Crippen LogP contribution is 2.33. The number of aromatic amines is 1. The standard InChI is InChI=1S/C11H9BrFN3O3S/c12-7-2-5-8(20-7)10(17)15-9(14-5)6-1-4(13)3-16(6)11(18)19/h2,4,6H,1,3H2,(H,18,19)(H,14,15,17)/t4-,6-/m0/s1. The molecule has 3 rings (SSSR count). The number of likely N-dealkylation sites (tertiary alicyclic amines) is 1. The van der Waals surface area contributed by atoms with Gasteiger partial charge in [0, 0.05) is 6.42 Å². The molecule has 1 saturated heterocycles. The number of carboxylic acid groups (broad SMARTS) is 1. The Balaban J connectivity index is 2.09. The Bertz CT molecular complexity index is 746. The highest BCUT2D eigenvalue weighted by Gasteiger charge is 2.38. The van der Waals surface area contributed by atoms with Crippen molar-refractivity contribution in [2.75, 3.05) is 6.54 Å². The summed E-state index contributed by atoms with van der Waals surface area (Å²) in [6.07, 6.45) is -2.46. The Hall–Kier alpha value is -1.48. The van der Waals surface area contributed by atoms with Crippen molar-refractivity contribution in [3.63, 3.8) is 0 Å². The zero-order valence-corrected chi connectivity index (χ0v) is 12.4. The van der Waals surface area contributed by atoms with E-state index in [9.17, 15) is 14.0 Å². The van der Waals surface area contributed by atoms with Gasteiger partial charge in [0.2, 0.25) is 0 Å². The third-order valence-electron chi connectivity index (χ3n) is 3.18. The van der Waals surface area contributed by atoms with Gasteiger partial charge in [-0.1, -0.05) is 0 Å². The monoisotopic (exact) mass is 361 g/mol. The quantitative estimate of drug-likeness (QED) is 0.816. The number of rotatable bonds is 1. The van der Waals surface area contributed by atoms with Gasteiger partial charge in [-0.3, -0.25) is 9.69 Å². The van der Waals surface area contributed by atoms with E-state index in [0.29, 0.717) is 10.2 Å². The zero-order chi connectivity index (χ0) is 14.4. The van der Waals surface area contributed by atoms with Crippen LogP contribution in [0.5, 0.6) is 0 Å². The van der Waals surface area contributed by atoms with Crippen molar-refractivity contribution in [2.45, 2.75) is 18.6 Å². The van der Waals surface area contributed by atoms with E-state index in [1.165, 1.54) is 11.3 Å². The molecule has 1 fully saturated rings. The summed E-state index contributed by atoms with van der Waals surface area (Å²) in [6.45, 7) is -0.199. The predicted molar refractivity (Wildman–Crippen MR) is 74.9 cm³/mol. The summed E-state index contributed by atoms with van der Waals surface area (Å²) in [6, 6.07) is 0.935. The molecule has 0 unspecified atom stereocenters. The molecule has 0 bridgehead atoms. The minimum atomic E-state index is -1.24. The van der Waals surface area contributed by atoms with Crippen LogP contribution in [-0.2, 0) is 0 Å². The third-order valence-corrected chi connectivity index (χ3v) is 4.81. The first-order valence-electron chi connectivity index (χ1n) is 5.78. The van der Waals surface area contributed by atoms with Gasteiger partial charge in [0.25, 0.3) is 5.56 Å². The molecule has 20 heavy (non-hydrogen) atoms. The highest BCUT2D eigenvalue weighted by atomic mass is 79.9. The first-order chi connectivity index (χ1) is 9.45. The molecule has 2 N–H and O–H groups in total. The fourth-order valence-electron chi connectivity index (χ4n) is 2.34. The molecule has 1 amide bonds. The summed E-state index contributed by atoms with van der Waals surface area (Å²) in [5.74, 6) is 0.190. The van der Waals surface area contributed by atoms with Crippen LogP contribution in [0.4, 0.5) is 9.18 Å². The molecule has 6 nitrogen and oxygen atoms in total. The fraction of sp³-hybridized carbons (Fsp3) is 0.364. The first kappa shape index (κ1) is 13.5. The van der Waals surface area contributed by atoms with E-state index in [-0.39, 0.29) is 24.3 Å². The van der Waals surface area contributed by atoms with Gasteiger partial charge in [-0.15, -0.1) is 11.3 Å². The molecule has 0 aliphatic carbocycles. The van der Waals surface area contributed by atoms with Crippen molar-refractivity contribution in [3.8, 4) is 0 Å². The number of alkyl halides is 1. The molecule has 2 atom stereocenters. The van der Waals surface area contributed by atoms with Crippen molar-refractivity contribution in [2.24, 2.45) is 0 Å². The van der Waals surface area contributed by atoms with Crippen molar-refractivity contribution in [1.29, 1.82) is 0 Å². The summed E-state index contributed by atoms with van der Waals surface area (Å²) in [7, 11) is 0. The average Bonchev–Trinajstić information content (AvgIpc) is 2.91. The Morgan fingerprint density at radius 3 is 3.10 bits per heavy atom. The molecule has 2 aromatic rings. The van der Waals surface area contributed by atoms with Crippen LogP contribution in [0.25, 0.3) is 10.2 Å². The van der Waals surface area contributed by atoms with E-state index >= 15 is 0 Å². The van der Waals surface area contributed by atoms with Crippen LogP contribution in [0.15, 0.2) is 14.6 Å². The van der Waals surface area contributed by atoms with E-state index in [1.54, 1.807) is 6.07 Å². The van der Waals surface area contributed by atoms with Gasteiger partial charge >= 0.3 is 6.09 Å². The molecule has 106 valence electrons. The summed E-state index contributed by atoms with van der Waals surface area (Å²) < 4.78 is 14.7. The molecular weight excluding hydrogens is 353 g/mol. The SMILES string of the molecule is O=C(O)N1C[C@@H](F)C[C@H]1c1nc2cc(Br)sc2c(=O)[nH]1. The topological polar surface area (TPSA) is 86.3 Å². The average molecular weight is 362 g/mol. The summed E-state index contributed by atoms with van der Waals surface area (Å²) in [4.78, 5) is 30.9. The molecule has 2 aromatic heterocycles. The van der Waals surface area contributed by atoms with Gasteiger partial charge in [0.15, 0.2) is 0 Å². The zero-order valence-electron chi connectivity index (χ0n) is 9.97. The van der Waals surface area contributed by atoms with Gasteiger partial charge in [-0.05, 0) is 22.0 Å². The minimum Gasteiger partial charge on any atom is -0.465 e.